The molecule has 0 radical (unpaired) electrons. The molecule has 1 N–H and O–H groups in total. The van der Waals surface area contributed by atoms with Crippen LogP contribution < -0.4 is 10.9 Å². The van der Waals surface area contributed by atoms with Gasteiger partial charge in [-0.2, -0.15) is 0 Å². The highest BCUT2D eigenvalue weighted by Gasteiger charge is 2.45. The number of rotatable bonds is 5. The Morgan fingerprint density at radius 1 is 0.952 bits per heavy atom. The van der Waals surface area contributed by atoms with Gasteiger partial charge in [0.2, 0.25) is 0 Å². The molecular weight excluding hydrogens is 588 g/mol. The monoisotopic (exact) mass is 609 g/mol. The average Bonchev–Trinajstić information content (AvgIpc) is 3.66. The summed E-state index contributed by atoms with van der Waals surface area (Å²) in [7, 11) is -3.94. The van der Waals surface area contributed by atoms with Gasteiger partial charge in [-0.3, -0.25) is 29.3 Å². The van der Waals surface area contributed by atoms with Gasteiger partial charge in [0.25, 0.3) is 17.4 Å². The van der Waals surface area contributed by atoms with Crippen molar-refractivity contribution in [2.75, 3.05) is 6.26 Å². The summed E-state index contributed by atoms with van der Waals surface area (Å²) in [6.45, 7) is 3.14. The second-order valence-electron chi connectivity index (χ2n) is 10.5. The minimum Gasteiger partial charge on any atom is -0.288 e. The molecule has 2 atom stereocenters. The van der Waals surface area contributed by atoms with E-state index in [9.17, 15) is 22.8 Å². The number of hydrogen-bond donors (Lipinski definition) is 1. The van der Waals surface area contributed by atoms with Gasteiger partial charge in [-0.05, 0) is 73.1 Å². The van der Waals surface area contributed by atoms with E-state index in [-0.39, 0.29) is 33.7 Å². The number of sulfone groups is 1. The number of imide groups is 1. The molecule has 1 fully saturated rings. The van der Waals surface area contributed by atoms with Gasteiger partial charge in [-0.1, -0.05) is 29.8 Å². The predicted octanol–water partition coefficient (Wildman–Crippen LogP) is 5.01. The van der Waals surface area contributed by atoms with E-state index in [4.69, 9.17) is 11.6 Å². The second kappa shape index (κ2) is 9.67. The number of aryl methyl sites for hydroxylation is 2. The van der Waals surface area contributed by atoms with Crippen LogP contribution in [0.15, 0.2) is 58.4 Å². The summed E-state index contributed by atoms with van der Waals surface area (Å²) in [5.74, 6) is -3.45. The van der Waals surface area contributed by atoms with Crippen molar-refractivity contribution in [2.24, 2.45) is 0 Å². The molecular formula is C30H22ClF2N3O5S. The van der Waals surface area contributed by atoms with E-state index in [0.717, 1.165) is 16.9 Å². The van der Waals surface area contributed by atoms with Gasteiger partial charge in [-0.25, -0.2) is 17.2 Å². The van der Waals surface area contributed by atoms with Crippen LogP contribution in [0.4, 0.5) is 8.78 Å². The molecule has 1 saturated carbocycles. The first-order valence-corrected chi connectivity index (χ1v) is 15.1. The maximum Gasteiger partial charge on any atom is 0.274 e. The Labute approximate surface area is 243 Å². The molecule has 1 aliphatic heterocycles. The zero-order chi connectivity index (χ0) is 30.2. The topological polar surface area (TPSA) is 115 Å². The van der Waals surface area contributed by atoms with Crippen LogP contribution in [0.5, 0.6) is 0 Å². The lowest BCUT2D eigenvalue weighted by atomic mass is 9.96. The predicted molar refractivity (Wildman–Crippen MR) is 151 cm³/mol. The standard InChI is InChI=1S/C30H22ClF2N3O5S/c1-13-12-34-26(17-8-5-9-21(24(17)32)42(3,40)41)25(33)27(13)36-14(2)10-20(23(31)30(36)39)19-11-18(19)15-6-4-7-16-22(15)29(38)35-28(16)37/h4-10,12,18-19H,11H2,1-3H3,(H,35,37,38)/t18?,19-/m1/s1. The maximum absolute atomic E-state index is 16.1. The maximum atomic E-state index is 16.1. The van der Waals surface area contributed by atoms with Gasteiger partial charge in [0.05, 0.1) is 16.8 Å². The molecule has 2 aromatic carbocycles. The summed E-state index contributed by atoms with van der Waals surface area (Å²) in [6.07, 6.45) is 2.70. The van der Waals surface area contributed by atoms with Crippen molar-refractivity contribution in [3.63, 3.8) is 0 Å². The number of benzene rings is 2. The summed E-state index contributed by atoms with van der Waals surface area (Å²) in [5.41, 5.74) is 0.743. The molecule has 1 aliphatic carbocycles. The fourth-order valence-electron chi connectivity index (χ4n) is 5.73. The normalized spacial score (nSPS) is 17.8. The highest BCUT2D eigenvalue weighted by Crippen LogP contribution is 2.57. The molecule has 0 bridgehead atoms. The fourth-order valence-corrected chi connectivity index (χ4v) is 6.77. The Morgan fingerprint density at radius 3 is 2.33 bits per heavy atom. The molecule has 42 heavy (non-hydrogen) atoms. The molecule has 6 rings (SSSR count). The number of aromatic nitrogens is 2. The summed E-state index contributed by atoms with van der Waals surface area (Å²) in [4.78, 5) is 41.6. The molecule has 4 aromatic rings. The number of carbonyl (C=O) groups is 2. The zero-order valence-electron chi connectivity index (χ0n) is 22.5. The number of hydrogen-bond acceptors (Lipinski definition) is 6. The lowest BCUT2D eigenvalue weighted by Gasteiger charge is -2.18. The Hall–Kier alpha value is -4.22. The smallest absolute Gasteiger partial charge is 0.274 e. The van der Waals surface area contributed by atoms with Gasteiger partial charge in [0.1, 0.15) is 15.6 Å². The quantitative estimate of drug-likeness (QED) is 0.318. The van der Waals surface area contributed by atoms with Crippen molar-refractivity contribution in [3.8, 4) is 16.9 Å². The average molecular weight is 610 g/mol. The van der Waals surface area contributed by atoms with Crippen LogP contribution in [0.3, 0.4) is 0 Å². The van der Waals surface area contributed by atoms with Gasteiger partial charge >= 0.3 is 0 Å². The third-order valence-electron chi connectivity index (χ3n) is 7.76. The zero-order valence-corrected chi connectivity index (χ0v) is 24.0. The van der Waals surface area contributed by atoms with E-state index >= 15 is 8.78 Å². The van der Waals surface area contributed by atoms with Crippen molar-refractivity contribution in [1.29, 1.82) is 0 Å². The number of fused-ring (bicyclic) bond motifs is 1. The molecule has 2 aromatic heterocycles. The van der Waals surface area contributed by atoms with E-state index in [1.807, 2.05) is 0 Å². The Kier molecular flexibility index (Phi) is 6.43. The second-order valence-corrected chi connectivity index (χ2v) is 12.9. The van der Waals surface area contributed by atoms with Crippen LogP contribution in [-0.2, 0) is 9.84 Å². The van der Waals surface area contributed by atoms with Crippen LogP contribution in [0, 0.1) is 25.5 Å². The Bertz CT molecular complexity index is 2060. The van der Waals surface area contributed by atoms with Crippen LogP contribution in [0.25, 0.3) is 16.9 Å². The number of nitrogens with one attached hydrogen (secondary N) is 1. The molecule has 0 spiro atoms. The van der Waals surface area contributed by atoms with E-state index in [1.165, 1.54) is 25.3 Å². The number of nitrogens with zero attached hydrogens (tertiary/aromatic N) is 2. The first kappa shape index (κ1) is 27.9. The lowest BCUT2D eigenvalue weighted by Crippen LogP contribution is -2.24. The summed E-state index contributed by atoms with van der Waals surface area (Å²) >= 11 is 6.60. The van der Waals surface area contributed by atoms with Gasteiger partial charge in [-0.15, -0.1) is 0 Å². The van der Waals surface area contributed by atoms with Crippen LogP contribution in [0.1, 0.15) is 61.4 Å². The Balaban J connectivity index is 1.44. The summed E-state index contributed by atoms with van der Waals surface area (Å²) in [5, 5.41) is 2.17. The highest BCUT2D eigenvalue weighted by atomic mass is 35.5. The van der Waals surface area contributed by atoms with E-state index in [1.54, 1.807) is 31.2 Å². The SMILES string of the molecule is Cc1cnc(-c2cccc(S(C)(=O)=O)c2F)c(F)c1-n1c(C)cc([C@@H]2CC2c2cccc3c2C(=O)NC3=O)c(Cl)c1=O. The van der Waals surface area contributed by atoms with Crippen LogP contribution >= 0.6 is 11.6 Å². The molecule has 0 saturated heterocycles. The molecule has 3 heterocycles. The summed E-state index contributed by atoms with van der Waals surface area (Å²) in [6, 6.07) is 10.3. The van der Waals surface area contributed by atoms with Crippen LogP contribution in [-0.4, -0.2) is 36.0 Å². The molecule has 2 aliphatic rings. The van der Waals surface area contributed by atoms with E-state index in [2.05, 4.69) is 10.3 Å². The van der Waals surface area contributed by atoms with E-state index in [0.29, 0.717) is 34.4 Å². The molecule has 214 valence electrons. The lowest BCUT2D eigenvalue weighted by molar-refractivity contribution is 0.0879. The highest BCUT2D eigenvalue weighted by molar-refractivity contribution is 7.90. The number of halogens is 3. The van der Waals surface area contributed by atoms with Crippen molar-refractivity contribution in [1.82, 2.24) is 14.9 Å². The van der Waals surface area contributed by atoms with Crippen LogP contribution in [0.2, 0.25) is 5.02 Å². The summed E-state index contributed by atoms with van der Waals surface area (Å²) < 4.78 is 56.5. The van der Waals surface area contributed by atoms with Crippen molar-refractivity contribution < 1.29 is 26.8 Å². The van der Waals surface area contributed by atoms with E-state index < -0.39 is 49.4 Å². The fraction of sp³-hybridized carbons (Fsp3) is 0.200. The molecule has 2 amide bonds. The number of amides is 2. The van der Waals surface area contributed by atoms with Crippen molar-refractivity contribution >= 4 is 33.3 Å². The van der Waals surface area contributed by atoms with Crippen molar-refractivity contribution in [2.45, 2.75) is 37.0 Å². The first-order valence-electron chi connectivity index (χ1n) is 12.9. The largest absolute Gasteiger partial charge is 0.288 e. The number of pyridine rings is 2. The minimum atomic E-state index is -3.94. The number of carbonyl (C=O) groups excluding carboxylic acids is 2. The molecule has 12 heteroatoms. The van der Waals surface area contributed by atoms with Crippen molar-refractivity contribution in [3.05, 3.63) is 109 Å². The Morgan fingerprint density at radius 2 is 1.62 bits per heavy atom. The van der Waals surface area contributed by atoms with Gasteiger partial charge < -0.3 is 0 Å². The van der Waals surface area contributed by atoms with Gasteiger partial charge in [0, 0.05) is 23.7 Å². The first-order chi connectivity index (χ1) is 19.8. The molecule has 8 nitrogen and oxygen atoms in total. The third-order valence-corrected chi connectivity index (χ3v) is 9.26. The molecule has 1 unspecified atom stereocenters. The van der Waals surface area contributed by atoms with Gasteiger partial charge in [0.15, 0.2) is 21.5 Å². The third kappa shape index (κ3) is 4.26. The minimum absolute atomic E-state index is 0.136.